The minimum atomic E-state index is -1.80. The second kappa shape index (κ2) is 38.8. The van der Waals surface area contributed by atoms with Gasteiger partial charge in [0, 0.05) is 84.1 Å². The third-order valence-electron chi connectivity index (χ3n) is 16.1. The lowest BCUT2D eigenvalue weighted by atomic mass is 10.0. The Labute approximate surface area is 584 Å². The normalized spacial score (nSPS) is 23.4. The summed E-state index contributed by atoms with van der Waals surface area (Å²) in [5.41, 5.74) is 9.01. The minimum Gasteiger partial charge on any atom is -0.508 e. The number of rotatable bonds is 15. The highest BCUT2D eigenvalue weighted by Crippen LogP contribution is 2.27. The van der Waals surface area contributed by atoms with Crippen molar-refractivity contribution < 1.29 is 82.4 Å². The molecule has 0 spiro atoms. The lowest BCUT2D eigenvalue weighted by Gasteiger charge is -2.28. The SMILES string of the molecule is CC(C)C[C@@H]1NC(=O)/C=N/OCCCCCCOc2cc3cc(c2)CSC[C@H](NC1=O)C(=O)NC(Cc1ccc(O)cc1)C(=O)N[C@@H](CCC(=O)O)C(=O)N[C@@H](Cc1c[nH]c2ccccc12)C(=O)N[C@H](CCC(=O)O)C(=O)N[C@@H](Cc1cnc[nH]1)C(=O)N[C@@H](C)C(=O)N[C@H](C(N)=O)CSC3. The molecule has 10 amide bonds. The van der Waals surface area contributed by atoms with Crippen LogP contribution in [0, 0.1) is 5.92 Å². The van der Waals surface area contributed by atoms with E-state index in [4.69, 9.17) is 15.3 Å². The Hall–Kier alpha value is -10.2. The zero-order valence-electron chi connectivity index (χ0n) is 55.5. The number of aromatic nitrogens is 3. The van der Waals surface area contributed by atoms with Crippen LogP contribution in [-0.2, 0) is 93.1 Å². The number of primary amides is 1. The highest BCUT2D eigenvalue weighted by atomic mass is 32.2. The number of amides is 10. The topological polar surface area (TPSA) is 475 Å². The predicted octanol–water partition coefficient (Wildman–Crippen LogP) is 1.40. The van der Waals surface area contributed by atoms with Gasteiger partial charge < -0.3 is 88.4 Å². The maximum atomic E-state index is 15.1. The number of imidazole rings is 1. The summed E-state index contributed by atoms with van der Waals surface area (Å²) >= 11 is 2.44. The Kier molecular flexibility index (Phi) is 30.0. The molecule has 2 aliphatic rings. The maximum Gasteiger partial charge on any atom is 0.303 e. The van der Waals surface area contributed by atoms with Crippen LogP contribution in [0.4, 0.5) is 0 Å². The van der Waals surface area contributed by atoms with Gasteiger partial charge in [-0.25, -0.2) is 4.98 Å². The van der Waals surface area contributed by atoms with Crippen LogP contribution in [0.15, 0.2) is 90.6 Å². The lowest BCUT2D eigenvalue weighted by molar-refractivity contribution is -0.139. The largest absolute Gasteiger partial charge is 0.508 e. The van der Waals surface area contributed by atoms with Crippen LogP contribution in [0.3, 0.4) is 0 Å². The number of aliphatic carboxylic acids is 2. The number of carbonyl (C=O) groups is 12. The number of nitrogens with two attached hydrogens (primary N) is 1. The molecule has 3 aromatic carbocycles. The van der Waals surface area contributed by atoms with E-state index in [-0.39, 0.29) is 67.0 Å². The van der Waals surface area contributed by atoms with Crippen LogP contribution in [0.5, 0.6) is 11.5 Å². The molecular weight excluding hydrogens is 1340 g/mol. The van der Waals surface area contributed by atoms with Crippen molar-refractivity contribution in [1.82, 2.24) is 62.8 Å². The molecule has 9 atom stereocenters. The zero-order valence-corrected chi connectivity index (χ0v) is 57.1. The van der Waals surface area contributed by atoms with E-state index in [0.717, 1.165) is 19.1 Å². The Morgan fingerprint density at radius 3 is 1.80 bits per heavy atom. The molecule has 16 N–H and O–H groups in total. The number of oxime groups is 1. The third-order valence-corrected chi connectivity index (χ3v) is 18.3. The summed E-state index contributed by atoms with van der Waals surface area (Å²) in [6.07, 6.45) is 4.39. The average Bonchev–Trinajstić information content (AvgIpc) is 1.62. The van der Waals surface area contributed by atoms with E-state index in [9.17, 15) is 63.3 Å². The van der Waals surface area contributed by atoms with Gasteiger partial charge in [-0.1, -0.05) is 55.4 Å². The van der Waals surface area contributed by atoms with Crippen LogP contribution in [-0.4, -0.2) is 187 Å². The molecule has 4 bridgehead atoms. The standard InChI is InChI=1S/C67H86N14O17S2/c1-37(2)22-50-64(93)81-55-35-100-33-41-23-40(24-45(25-41)97-20-8-4-5-9-21-98-72-31-56(83)74-50)32-99-34-54(59(68)88)80-60(89)38(3)73-63(92)53(28-43-30-69-36-71-43)79-62(91)49(17-19-58(86)87)76-66(95)52(27-42-29-70-47-11-7-6-10-46(42)47)78-61(90)48(16-18-57(84)85)75-65(94)51(77-67(55)96)26-39-12-14-44(82)15-13-39/h6-7,10-15,23-25,29-31,36-38,48-55,70,82H,4-5,8-9,16-22,26-28,32-35H2,1-3H3,(H2,68,88)(H,69,71)(H,73,92)(H,74,83)(H,75,94)(H,76,95)(H,77,96)(H,78,90)(H,79,91)(H,80,89)(H,81,93)(H,84,85)(H,86,87)/b72-31+/t38-,48-,49+,50-,51?,52-,53-,54-,55-/m0/s1. The zero-order chi connectivity index (χ0) is 72.3. The number of carboxylic acid groups (broad SMARTS) is 2. The van der Waals surface area contributed by atoms with E-state index in [2.05, 4.69) is 68.0 Å². The highest BCUT2D eigenvalue weighted by molar-refractivity contribution is 7.98. The fraction of sp³-hybridized carbons (Fsp3) is 0.463. The van der Waals surface area contributed by atoms with E-state index in [1.54, 1.807) is 30.5 Å². The maximum absolute atomic E-state index is 15.1. The second-order valence-electron chi connectivity index (χ2n) is 24.7. The number of H-pyrrole nitrogens is 2. The van der Waals surface area contributed by atoms with E-state index >= 15 is 9.59 Å². The van der Waals surface area contributed by atoms with Crippen LogP contribution in [0.2, 0.25) is 0 Å². The van der Waals surface area contributed by atoms with E-state index in [0.29, 0.717) is 64.0 Å². The second-order valence-corrected chi connectivity index (χ2v) is 26.7. The number of phenols is 1. The molecule has 5 aromatic rings. The molecule has 4 heterocycles. The molecule has 33 heteroatoms. The number of ether oxygens (including phenoxy) is 1. The fourth-order valence-corrected chi connectivity index (χ4v) is 12.8. The Morgan fingerprint density at radius 2 is 1.18 bits per heavy atom. The molecule has 538 valence electrons. The van der Waals surface area contributed by atoms with Crippen molar-refractivity contribution in [3.63, 3.8) is 0 Å². The van der Waals surface area contributed by atoms with Crippen LogP contribution in [0.25, 0.3) is 10.9 Å². The summed E-state index contributed by atoms with van der Waals surface area (Å²) in [5, 5.41) is 58.2. The minimum absolute atomic E-state index is 0.0519. The number of thioether (sulfide) groups is 2. The number of nitrogens with zero attached hydrogens (tertiary/aromatic N) is 2. The van der Waals surface area contributed by atoms with Gasteiger partial charge in [0.1, 0.15) is 78.7 Å². The predicted molar refractivity (Wildman–Crippen MR) is 369 cm³/mol. The molecule has 7 rings (SSSR count). The summed E-state index contributed by atoms with van der Waals surface area (Å²) in [5.74, 6) is -11.9. The summed E-state index contributed by atoms with van der Waals surface area (Å²) in [4.78, 5) is 184. The van der Waals surface area contributed by atoms with Gasteiger partial charge in [0.25, 0.3) is 5.91 Å². The molecule has 0 fully saturated rings. The third kappa shape index (κ3) is 25.3. The Morgan fingerprint density at radius 1 is 0.610 bits per heavy atom. The summed E-state index contributed by atoms with van der Waals surface area (Å²) in [6.45, 7) is 5.46. The van der Waals surface area contributed by atoms with Crippen LogP contribution < -0.4 is 58.3 Å². The summed E-state index contributed by atoms with van der Waals surface area (Å²) in [7, 11) is 0. The molecule has 0 saturated heterocycles. The number of aromatic amines is 2. The van der Waals surface area contributed by atoms with Gasteiger partial charge >= 0.3 is 11.9 Å². The number of nitrogens with one attached hydrogen (secondary N) is 11. The first-order valence-electron chi connectivity index (χ1n) is 32.7. The van der Waals surface area contributed by atoms with E-state index < -0.39 is 151 Å². The Bertz CT molecular complexity index is 3700. The van der Waals surface area contributed by atoms with Crippen LogP contribution in [0.1, 0.15) is 107 Å². The quantitative estimate of drug-likeness (QED) is 0.0704. The molecule has 2 aliphatic heterocycles. The van der Waals surface area contributed by atoms with Gasteiger partial charge in [-0.05, 0) is 110 Å². The van der Waals surface area contributed by atoms with Crippen molar-refractivity contribution in [3.05, 3.63) is 113 Å². The van der Waals surface area contributed by atoms with Gasteiger partial charge in [-0.2, -0.15) is 23.5 Å². The number of carbonyl (C=O) groups excluding carboxylic acids is 10. The van der Waals surface area contributed by atoms with Crippen molar-refractivity contribution in [3.8, 4) is 11.5 Å². The van der Waals surface area contributed by atoms with Gasteiger partial charge in [-0.3, -0.25) is 57.5 Å². The first-order valence-corrected chi connectivity index (χ1v) is 35.0. The lowest BCUT2D eigenvalue weighted by Crippen LogP contribution is -2.61. The number of phenolic OH excluding ortho intramolecular Hbond substituents is 1. The smallest absolute Gasteiger partial charge is 0.303 e. The summed E-state index contributed by atoms with van der Waals surface area (Å²) in [6, 6.07) is 4.18. The molecule has 2 aromatic heterocycles. The van der Waals surface area contributed by atoms with Crippen molar-refractivity contribution in [2.75, 3.05) is 24.7 Å². The molecule has 0 aliphatic carbocycles. The molecule has 0 radical (unpaired) electrons. The molecular formula is C67H86N14O17S2. The van der Waals surface area contributed by atoms with Crippen molar-refractivity contribution in [1.29, 1.82) is 0 Å². The molecule has 0 saturated carbocycles. The van der Waals surface area contributed by atoms with Crippen molar-refractivity contribution >= 4 is 112 Å². The number of para-hydroxylation sites is 1. The molecule has 100 heavy (non-hydrogen) atoms. The number of fused-ring (bicyclic) bond motifs is 6. The first-order chi connectivity index (χ1) is 47.9. The molecule has 1 unspecified atom stereocenters. The fourth-order valence-electron chi connectivity index (χ4n) is 10.8. The van der Waals surface area contributed by atoms with Gasteiger partial charge in [0.05, 0.1) is 12.9 Å². The van der Waals surface area contributed by atoms with Crippen molar-refractivity contribution in [2.45, 2.75) is 164 Å². The number of aromatic hydroxyl groups is 1. The molecule has 31 nitrogen and oxygen atoms in total. The van der Waals surface area contributed by atoms with Gasteiger partial charge in [0.2, 0.25) is 53.2 Å². The van der Waals surface area contributed by atoms with Gasteiger partial charge in [0.15, 0.2) is 0 Å². The van der Waals surface area contributed by atoms with Crippen molar-refractivity contribution in [2.24, 2.45) is 16.8 Å². The number of hydrogen-bond acceptors (Lipinski definition) is 19. The van der Waals surface area contributed by atoms with E-state index in [1.165, 1.54) is 67.2 Å². The summed E-state index contributed by atoms with van der Waals surface area (Å²) < 4.78 is 6.28. The monoisotopic (exact) mass is 1420 g/mol. The number of hydrogen-bond donors (Lipinski definition) is 15. The van der Waals surface area contributed by atoms with E-state index in [1.807, 2.05) is 32.0 Å². The van der Waals surface area contributed by atoms with Gasteiger partial charge in [-0.15, -0.1) is 0 Å². The van der Waals surface area contributed by atoms with Crippen LogP contribution >= 0.6 is 23.5 Å². The Balaban J connectivity index is 1.32. The number of carboxylic acids is 2. The first kappa shape index (κ1) is 77.2. The number of benzene rings is 3. The average molecular weight is 1420 g/mol. The highest BCUT2D eigenvalue weighted by Gasteiger charge is 2.37.